The molecule has 0 saturated carbocycles. The summed E-state index contributed by atoms with van der Waals surface area (Å²) in [6.07, 6.45) is 3.03. The molecule has 0 radical (unpaired) electrons. The normalized spacial score (nSPS) is 13.0. The van der Waals surface area contributed by atoms with Gasteiger partial charge in [0.15, 0.2) is 0 Å². The molecule has 0 atom stereocenters. The molecule has 5 heteroatoms. The lowest BCUT2D eigenvalue weighted by Gasteiger charge is -2.19. The third kappa shape index (κ3) is 3.33. The number of carbonyl (C=O) groups is 1. The number of aromatic nitrogens is 2. The van der Waals surface area contributed by atoms with Crippen LogP contribution in [0.25, 0.3) is 0 Å². The number of hydrogen-bond acceptors (Lipinski definition) is 4. The van der Waals surface area contributed by atoms with Gasteiger partial charge in [-0.15, -0.1) is 0 Å². The quantitative estimate of drug-likeness (QED) is 0.863. The summed E-state index contributed by atoms with van der Waals surface area (Å²) in [5, 5.41) is 2.92. The van der Waals surface area contributed by atoms with Gasteiger partial charge < -0.3 is 10.2 Å². The molecule has 5 nitrogen and oxygen atoms in total. The number of amides is 1. The fourth-order valence-corrected chi connectivity index (χ4v) is 2.85. The Morgan fingerprint density at radius 2 is 2.13 bits per heavy atom. The van der Waals surface area contributed by atoms with Crippen LogP contribution in [0.2, 0.25) is 0 Å². The number of anilines is 2. The summed E-state index contributed by atoms with van der Waals surface area (Å²) in [6.45, 7) is 5.49. The van der Waals surface area contributed by atoms with E-state index in [2.05, 4.69) is 45.3 Å². The number of unbranched alkanes of at least 4 members (excludes halogenated alkanes) is 1. The fourth-order valence-electron chi connectivity index (χ4n) is 2.85. The molecule has 0 spiro atoms. The van der Waals surface area contributed by atoms with E-state index in [0.717, 1.165) is 31.6 Å². The highest BCUT2D eigenvalue weighted by atomic mass is 16.1. The van der Waals surface area contributed by atoms with Crippen LogP contribution in [-0.2, 0) is 6.42 Å². The van der Waals surface area contributed by atoms with Gasteiger partial charge in [0.1, 0.15) is 17.3 Å². The van der Waals surface area contributed by atoms with Gasteiger partial charge in [0.05, 0.1) is 0 Å². The van der Waals surface area contributed by atoms with Crippen molar-refractivity contribution in [2.45, 2.75) is 33.1 Å². The summed E-state index contributed by atoms with van der Waals surface area (Å²) in [4.78, 5) is 23.2. The largest absolute Gasteiger partial charge is 0.351 e. The maximum absolute atomic E-state index is 12.3. The Balaban J connectivity index is 1.85. The van der Waals surface area contributed by atoms with E-state index in [1.54, 1.807) is 6.07 Å². The summed E-state index contributed by atoms with van der Waals surface area (Å²) < 4.78 is 0. The summed E-state index contributed by atoms with van der Waals surface area (Å²) in [6, 6.07) is 10.1. The van der Waals surface area contributed by atoms with Crippen molar-refractivity contribution in [2.75, 3.05) is 18.0 Å². The van der Waals surface area contributed by atoms with Crippen molar-refractivity contribution in [3.8, 4) is 0 Å². The zero-order valence-corrected chi connectivity index (χ0v) is 13.7. The molecule has 120 valence electrons. The van der Waals surface area contributed by atoms with Crippen LogP contribution >= 0.6 is 0 Å². The van der Waals surface area contributed by atoms with Gasteiger partial charge in [-0.2, -0.15) is 0 Å². The van der Waals surface area contributed by atoms with Gasteiger partial charge in [0, 0.05) is 24.8 Å². The van der Waals surface area contributed by atoms with Crippen molar-refractivity contribution in [1.29, 1.82) is 0 Å². The van der Waals surface area contributed by atoms with E-state index in [1.165, 1.54) is 11.3 Å². The third-order valence-electron chi connectivity index (χ3n) is 4.04. The Labute approximate surface area is 136 Å². The smallest absolute Gasteiger partial charge is 0.270 e. The van der Waals surface area contributed by atoms with Crippen LogP contribution in [0, 0.1) is 6.92 Å². The van der Waals surface area contributed by atoms with Gasteiger partial charge in [-0.1, -0.05) is 31.5 Å². The van der Waals surface area contributed by atoms with Crippen molar-refractivity contribution in [3.05, 3.63) is 47.4 Å². The van der Waals surface area contributed by atoms with Gasteiger partial charge in [0.25, 0.3) is 5.91 Å². The molecule has 0 bridgehead atoms. The van der Waals surface area contributed by atoms with Crippen LogP contribution in [0.4, 0.5) is 11.5 Å². The second-order valence-electron chi connectivity index (χ2n) is 5.80. The number of aryl methyl sites for hydroxylation is 1. The molecule has 1 aromatic carbocycles. The molecule has 1 amide bonds. The Morgan fingerprint density at radius 1 is 1.30 bits per heavy atom. The lowest BCUT2D eigenvalue weighted by molar-refractivity contribution is 0.0948. The highest BCUT2D eigenvalue weighted by Gasteiger charge is 2.22. The van der Waals surface area contributed by atoms with Gasteiger partial charge in [-0.05, 0) is 31.4 Å². The van der Waals surface area contributed by atoms with E-state index in [-0.39, 0.29) is 5.91 Å². The van der Waals surface area contributed by atoms with Crippen molar-refractivity contribution in [2.24, 2.45) is 0 Å². The number of para-hydroxylation sites is 1. The molecule has 3 rings (SSSR count). The number of nitrogens with zero attached hydrogens (tertiary/aromatic N) is 3. The summed E-state index contributed by atoms with van der Waals surface area (Å²) in [5.74, 6) is 1.29. The number of hydrogen-bond donors (Lipinski definition) is 1. The molecule has 1 aliphatic rings. The molecule has 2 aromatic rings. The molecule has 0 fully saturated rings. The lowest BCUT2D eigenvalue weighted by Crippen LogP contribution is -2.26. The van der Waals surface area contributed by atoms with E-state index in [9.17, 15) is 4.79 Å². The highest BCUT2D eigenvalue weighted by Crippen LogP contribution is 2.33. The van der Waals surface area contributed by atoms with Crippen LogP contribution < -0.4 is 10.2 Å². The standard InChI is InChI=1S/C18H22N4O/c1-3-4-10-19-18(23)15-12-17(21-13(2)20-15)22-11-9-14-7-5-6-8-16(14)22/h5-8,12H,3-4,9-11H2,1-2H3,(H,19,23). The molecule has 1 N–H and O–H groups in total. The Bertz CT molecular complexity index is 714. The fraction of sp³-hybridized carbons (Fsp3) is 0.389. The first-order valence-electron chi connectivity index (χ1n) is 8.18. The van der Waals surface area contributed by atoms with Crippen LogP contribution in [0.1, 0.15) is 41.6 Å². The molecule has 0 aliphatic carbocycles. The maximum atomic E-state index is 12.3. The van der Waals surface area contributed by atoms with E-state index in [1.807, 2.05) is 13.0 Å². The molecule has 0 saturated heterocycles. The topological polar surface area (TPSA) is 58.1 Å². The van der Waals surface area contributed by atoms with Crippen molar-refractivity contribution in [1.82, 2.24) is 15.3 Å². The average molecular weight is 310 g/mol. The second kappa shape index (κ2) is 6.77. The Hall–Kier alpha value is -2.43. The number of benzene rings is 1. The maximum Gasteiger partial charge on any atom is 0.270 e. The molecular formula is C18H22N4O. The number of fused-ring (bicyclic) bond motifs is 1. The molecular weight excluding hydrogens is 288 g/mol. The SMILES string of the molecule is CCCCNC(=O)c1cc(N2CCc3ccccc32)nc(C)n1. The zero-order valence-electron chi connectivity index (χ0n) is 13.7. The predicted molar refractivity (Wildman–Crippen MR) is 91.2 cm³/mol. The Kier molecular flexibility index (Phi) is 4.55. The van der Waals surface area contributed by atoms with Crippen molar-refractivity contribution < 1.29 is 4.79 Å². The first-order valence-corrected chi connectivity index (χ1v) is 8.18. The highest BCUT2D eigenvalue weighted by molar-refractivity contribution is 5.93. The average Bonchev–Trinajstić information content (AvgIpc) is 2.98. The van der Waals surface area contributed by atoms with Gasteiger partial charge in [0.2, 0.25) is 0 Å². The van der Waals surface area contributed by atoms with Crippen LogP contribution in [0.3, 0.4) is 0 Å². The predicted octanol–water partition coefficient (Wildman–Crippen LogP) is 3.01. The van der Waals surface area contributed by atoms with Crippen LogP contribution in [-0.4, -0.2) is 29.0 Å². The van der Waals surface area contributed by atoms with E-state index in [0.29, 0.717) is 18.1 Å². The lowest BCUT2D eigenvalue weighted by atomic mass is 10.2. The second-order valence-corrected chi connectivity index (χ2v) is 5.80. The summed E-state index contributed by atoms with van der Waals surface area (Å²) >= 11 is 0. The third-order valence-corrected chi connectivity index (χ3v) is 4.04. The molecule has 1 aliphatic heterocycles. The van der Waals surface area contributed by atoms with Crippen molar-refractivity contribution in [3.63, 3.8) is 0 Å². The molecule has 0 unspecified atom stereocenters. The number of nitrogens with one attached hydrogen (secondary N) is 1. The van der Waals surface area contributed by atoms with E-state index in [4.69, 9.17) is 0 Å². The first kappa shape index (κ1) is 15.5. The minimum atomic E-state index is -0.127. The minimum Gasteiger partial charge on any atom is -0.351 e. The minimum absolute atomic E-state index is 0.127. The van der Waals surface area contributed by atoms with E-state index < -0.39 is 0 Å². The molecule has 1 aromatic heterocycles. The van der Waals surface area contributed by atoms with Gasteiger partial charge in [-0.25, -0.2) is 9.97 Å². The monoisotopic (exact) mass is 310 g/mol. The van der Waals surface area contributed by atoms with Gasteiger partial charge >= 0.3 is 0 Å². The Morgan fingerprint density at radius 3 is 2.96 bits per heavy atom. The molecule has 2 heterocycles. The van der Waals surface area contributed by atoms with Crippen molar-refractivity contribution >= 4 is 17.4 Å². The summed E-state index contributed by atoms with van der Waals surface area (Å²) in [5.41, 5.74) is 2.92. The summed E-state index contributed by atoms with van der Waals surface area (Å²) in [7, 11) is 0. The zero-order chi connectivity index (χ0) is 16.2. The van der Waals surface area contributed by atoms with Crippen LogP contribution in [0.5, 0.6) is 0 Å². The number of rotatable bonds is 5. The van der Waals surface area contributed by atoms with Gasteiger partial charge in [-0.3, -0.25) is 4.79 Å². The number of carbonyl (C=O) groups excluding carboxylic acids is 1. The first-order chi connectivity index (χ1) is 11.2. The molecule has 23 heavy (non-hydrogen) atoms. The van der Waals surface area contributed by atoms with E-state index >= 15 is 0 Å². The van der Waals surface area contributed by atoms with Crippen LogP contribution in [0.15, 0.2) is 30.3 Å².